The molecule has 2 fully saturated rings. The van der Waals surface area contributed by atoms with Crippen LogP contribution in [0.1, 0.15) is 214 Å². The number of nitrogens with zero attached hydrogens (tertiary/aromatic N) is 9. The normalized spacial score (nSPS) is 16.7. The van der Waals surface area contributed by atoms with E-state index in [9.17, 15) is 47.9 Å². The molecule has 692 valence electrons. The van der Waals surface area contributed by atoms with Gasteiger partial charge in [0, 0.05) is 93.0 Å². The monoisotopic (exact) mass is 1770 g/mol. The largest absolute Gasteiger partial charge is 0.462 e. The van der Waals surface area contributed by atoms with Crippen molar-refractivity contribution >= 4 is 81.9 Å². The molecule has 6 rings (SSSR count). The lowest BCUT2D eigenvalue weighted by molar-refractivity contribution is -0.149. The number of esters is 2. The Kier molecular flexibility index (Phi) is 50.7. The number of nitrogens with two attached hydrogens (primary N) is 1. The summed E-state index contributed by atoms with van der Waals surface area (Å²) >= 11 is 2.51. The number of piperidine rings is 2. The summed E-state index contributed by atoms with van der Waals surface area (Å²) in [6.45, 7) is 27.6. The SMILES string of the molecule is CCCO[C@H](C[C@H](C(C)C)N(COCC)C(=O)[C@@H](NC(=O)[C@H]1CCCCN1C)[C@@H](C)CC)c1nc(C(=O)N[C@@H](Cc2ccccc2)C(=O)NCC(=O)OCCOCCN)cs1.CCCO[C@H](C[C@H](C(C)C)N(COCC)C(=O)[C@@H](NC(=O)[C@H]1CCCCN1C)[C@@H](C)CC)c1nc(C(=O)N[C@@H](Cc2ccccc2)C(=O)NCC(=O)OCCOCCN=[N+]=[N-])cs1. The third-order valence-electron chi connectivity index (χ3n) is 21.8. The van der Waals surface area contributed by atoms with Gasteiger partial charge in [0.1, 0.15) is 97.5 Å². The summed E-state index contributed by atoms with van der Waals surface area (Å²) < 4.78 is 45.4. The van der Waals surface area contributed by atoms with Crippen molar-refractivity contribution in [3.05, 3.63) is 114 Å². The Morgan fingerprint density at radius 1 is 0.540 bits per heavy atom. The highest BCUT2D eigenvalue weighted by Gasteiger charge is 2.42. The van der Waals surface area contributed by atoms with Crippen LogP contribution in [0.25, 0.3) is 10.4 Å². The molecule has 2 aromatic heterocycles. The molecule has 0 radical (unpaired) electrons. The number of nitrogens with one attached hydrogen (secondary N) is 6. The van der Waals surface area contributed by atoms with E-state index in [-0.39, 0.29) is 143 Å². The van der Waals surface area contributed by atoms with Crippen molar-refractivity contribution in [1.82, 2.24) is 61.5 Å². The highest BCUT2D eigenvalue weighted by atomic mass is 32.1. The summed E-state index contributed by atoms with van der Waals surface area (Å²) in [6, 6.07) is 13.4. The summed E-state index contributed by atoms with van der Waals surface area (Å²) in [4.78, 5) is 156. The van der Waals surface area contributed by atoms with E-state index in [2.05, 4.69) is 51.7 Å². The quantitative estimate of drug-likeness (QED) is 0.00541. The molecule has 2 aliphatic rings. The van der Waals surface area contributed by atoms with Gasteiger partial charge >= 0.3 is 11.9 Å². The topological polar surface area (TPSA) is 430 Å². The van der Waals surface area contributed by atoms with Crippen molar-refractivity contribution in [2.75, 3.05) is 133 Å². The van der Waals surface area contributed by atoms with Crippen LogP contribution in [0.5, 0.6) is 0 Å². The third-order valence-corrected chi connectivity index (χ3v) is 23.6. The first-order valence-corrected chi connectivity index (χ1v) is 45.8. The van der Waals surface area contributed by atoms with Crippen LogP contribution < -0.4 is 37.6 Å². The van der Waals surface area contributed by atoms with Gasteiger partial charge in [0.2, 0.25) is 35.4 Å². The van der Waals surface area contributed by atoms with E-state index in [4.69, 9.17) is 59.1 Å². The summed E-state index contributed by atoms with van der Waals surface area (Å²) in [5.41, 5.74) is 15.5. The summed E-state index contributed by atoms with van der Waals surface area (Å²) in [7, 11) is 3.90. The van der Waals surface area contributed by atoms with Crippen LogP contribution in [0.4, 0.5) is 0 Å². The van der Waals surface area contributed by atoms with Crippen LogP contribution in [-0.2, 0) is 89.1 Å². The average molecular weight is 1770 g/mol. The van der Waals surface area contributed by atoms with Crippen molar-refractivity contribution in [1.29, 1.82) is 0 Å². The van der Waals surface area contributed by atoms with Crippen molar-refractivity contribution < 1.29 is 85.8 Å². The molecular weight excluding hydrogens is 1630 g/mol. The number of benzene rings is 2. The van der Waals surface area contributed by atoms with Crippen molar-refractivity contribution in [2.24, 2.45) is 34.5 Å². The Balaban J connectivity index is 0.000000441. The van der Waals surface area contributed by atoms with Gasteiger partial charge in [-0.2, -0.15) is 0 Å². The van der Waals surface area contributed by atoms with Gasteiger partial charge in [0.25, 0.3) is 11.8 Å². The van der Waals surface area contributed by atoms with Crippen molar-refractivity contribution in [3.8, 4) is 0 Å². The van der Waals surface area contributed by atoms with Crippen LogP contribution in [0, 0.1) is 23.7 Å². The predicted octanol–water partition coefficient (Wildman–Crippen LogP) is 9.03. The van der Waals surface area contributed by atoms with E-state index >= 15 is 0 Å². The van der Waals surface area contributed by atoms with Crippen molar-refractivity contribution in [2.45, 2.75) is 234 Å². The maximum absolute atomic E-state index is 14.7. The Bertz CT molecular complexity index is 3880. The minimum atomic E-state index is -1.06. The fourth-order valence-electron chi connectivity index (χ4n) is 14.2. The first kappa shape index (κ1) is 106. The van der Waals surface area contributed by atoms with Crippen LogP contribution in [0.3, 0.4) is 0 Å². The number of thiazole rings is 2. The molecule has 12 atom stereocenters. The van der Waals surface area contributed by atoms with Crippen LogP contribution in [0.2, 0.25) is 0 Å². The molecule has 2 aromatic carbocycles. The van der Waals surface area contributed by atoms with Gasteiger partial charge in [-0.1, -0.05) is 161 Å². The highest BCUT2D eigenvalue weighted by molar-refractivity contribution is 7.10. The number of likely N-dealkylation sites (tertiary alicyclic amines) is 2. The Labute approximate surface area is 740 Å². The van der Waals surface area contributed by atoms with Gasteiger partial charge in [0.15, 0.2) is 0 Å². The second-order valence-corrected chi connectivity index (χ2v) is 33.6. The molecule has 0 unspecified atom stereocenters. The average Bonchev–Trinajstić information content (AvgIpc) is 0.883. The van der Waals surface area contributed by atoms with Crippen LogP contribution >= 0.6 is 22.7 Å². The smallest absolute Gasteiger partial charge is 0.325 e. The molecule has 0 bridgehead atoms. The zero-order valence-corrected chi connectivity index (χ0v) is 77.0. The van der Waals surface area contributed by atoms with E-state index in [0.717, 1.165) is 75.6 Å². The van der Waals surface area contributed by atoms with E-state index < -0.39 is 91.1 Å². The third kappa shape index (κ3) is 36.7. The summed E-state index contributed by atoms with van der Waals surface area (Å²) in [5.74, 6) is -4.75. The van der Waals surface area contributed by atoms with Crippen LogP contribution in [0.15, 0.2) is 76.5 Å². The molecular formula is C88H140N16O18S2. The fraction of sp³-hybridized carbons (Fsp3) is 0.682. The minimum absolute atomic E-state index is 0.0158. The van der Waals surface area contributed by atoms with E-state index in [1.165, 1.54) is 22.7 Å². The number of hydrogen-bond donors (Lipinski definition) is 7. The molecule has 4 heterocycles. The van der Waals surface area contributed by atoms with Crippen LogP contribution in [-0.4, -0.2) is 270 Å². The lowest BCUT2D eigenvalue weighted by Crippen LogP contribution is -2.59. The second-order valence-electron chi connectivity index (χ2n) is 31.8. The van der Waals surface area contributed by atoms with Gasteiger partial charge in [-0.3, -0.25) is 57.7 Å². The Morgan fingerprint density at radius 3 is 1.30 bits per heavy atom. The number of amides is 8. The van der Waals surface area contributed by atoms with Crippen molar-refractivity contribution in [3.63, 3.8) is 0 Å². The number of rotatable bonds is 57. The minimum Gasteiger partial charge on any atom is -0.462 e. The number of hydrogen-bond acceptors (Lipinski definition) is 26. The number of azide groups is 1. The molecule has 124 heavy (non-hydrogen) atoms. The molecule has 34 nitrogen and oxygen atoms in total. The van der Waals surface area contributed by atoms with E-state index in [1.807, 2.05) is 158 Å². The standard InChI is InChI=1S/C44H69N9O9S.C44H71N7O9S/c1-8-21-61-37(26-36(30(4)5)53(29-59-10-3)44(58)39(31(6)9-2)50-42(57)35-18-14-15-20-52(35)7)43-49-34(28-63-43)41(56)48-33(25-32-16-12-11-13-17-32)40(55)46-27-38(54)62-24-23-60-22-19-47-51-45;1-8-21-59-37(26-36(30(4)5)51(29-57-10-3)44(56)39(31(6)9-2)49-42(55)35-18-14-15-20-50(35)7)43-48-34(28-61-43)41(54)47-33(25-32-16-12-11-13-17-32)40(53)46-27-38(52)60-24-23-58-22-19-45/h11-13,16-17,28,30-31,33,35-37,39H,8-10,14-15,18-27,29H2,1-7H3,(H,46,55)(H,48,56)(H,50,57);11-13,16-17,28,30-31,33,35-37,39H,8-10,14-15,18-27,29,45H2,1-7H3,(H,46,53)(H,47,54)(H,49,55)/t2*31-,33-,35+,36+,37+,39-/m00/s1. The molecule has 0 aliphatic carbocycles. The lowest BCUT2D eigenvalue weighted by atomic mass is 9.92. The van der Waals surface area contributed by atoms with Gasteiger partial charge in [-0.05, 0) is 120 Å². The summed E-state index contributed by atoms with van der Waals surface area (Å²) in [6.07, 6.45) is 8.11. The molecule has 2 saturated heterocycles. The van der Waals surface area contributed by atoms with Gasteiger partial charge in [0.05, 0.1) is 38.5 Å². The molecule has 0 spiro atoms. The number of likely N-dealkylation sites (N-methyl/N-ethyl adjacent to an activating group) is 2. The zero-order valence-electron chi connectivity index (χ0n) is 75.4. The Morgan fingerprint density at radius 2 is 0.944 bits per heavy atom. The first-order chi connectivity index (χ1) is 59.7. The molecule has 36 heteroatoms. The van der Waals surface area contributed by atoms with Gasteiger partial charge in [-0.15, -0.1) is 22.7 Å². The molecule has 2 aliphatic heterocycles. The number of carbonyl (C=O) groups excluding carboxylic acids is 10. The first-order valence-electron chi connectivity index (χ1n) is 44.0. The molecule has 4 aromatic rings. The molecule has 8 N–H and O–H groups in total. The second kappa shape index (κ2) is 59.3. The molecule has 8 amide bonds. The maximum Gasteiger partial charge on any atom is 0.325 e. The van der Waals surface area contributed by atoms with E-state index in [1.54, 1.807) is 20.6 Å². The lowest BCUT2D eigenvalue weighted by Gasteiger charge is -2.40. The maximum atomic E-state index is 14.7. The number of ether oxygens (including phenoxy) is 8. The predicted molar refractivity (Wildman–Crippen MR) is 474 cm³/mol. The summed E-state index contributed by atoms with van der Waals surface area (Å²) in [5, 5.41) is 24.7. The number of aromatic nitrogens is 2. The zero-order chi connectivity index (χ0) is 90.9. The fourth-order valence-corrected chi connectivity index (χ4v) is 15.9. The van der Waals surface area contributed by atoms with Gasteiger partial charge < -0.3 is 85.3 Å². The number of carbonyl (C=O) groups is 10. The Hall–Kier alpha value is -8.65. The van der Waals surface area contributed by atoms with Gasteiger partial charge in [-0.25, -0.2) is 9.97 Å². The molecule has 0 saturated carbocycles. The highest BCUT2D eigenvalue weighted by Crippen LogP contribution is 2.35. The van der Waals surface area contributed by atoms with E-state index in [0.29, 0.717) is 75.3 Å².